The molecule has 4 nitrogen and oxygen atoms in total. The number of pyridine rings is 1. The van der Waals surface area contributed by atoms with Crippen LogP contribution in [0.15, 0.2) is 18.3 Å². The first kappa shape index (κ1) is 7.09. The van der Waals surface area contributed by atoms with Gasteiger partial charge in [0.25, 0.3) is 5.91 Å². The average Bonchev–Trinajstić information content (AvgIpc) is 2.07. The SMILES string of the molecule is C[C@H]1Oc2ncccc2NC1=O. The molecule has 1 amide bonds. The monoisotopic (exact) mass is 164 g/mol. The number of nitrogens with zero attached hydrogens (tertiary/aromatic N) is 1. The molecule has 1 aromatic rings. The Labute approximate surface area is 69.6 Å². The molecule has 0 bridgehead atoms. The Bertz CT molecular complexity index is 325. The number of amides is 1. The highest BCUT2D eigenvalue weighted by Gasteiger charge is 2.23. The fraction of sp³-hybridized carbons (Fsp3) is 0.250. The molecule has 0 spiro atoms. The van der Waals surface area contributed by atoms with E-state index in [1.807, 2.05) is 0 Å². The molecule has 1 aliphatic heterocycles. The fourth-order valence-electron chi connectivity index (χ4n) is 1.04. The molecular formula is C8H8N2O2. The quantitative estimate of drug-likeness (QED) is 0.617. The van der Waals surface area contributed by atoms with E-state index in [2.05, 4.69) is 10.3 Å². The van der Waals surface area contributed by atoms with Crippen molar-refractivity contribution in [1.82, 2.24) is 4.98 Å². The molecule has 1 aromatic heterocycles. The number of nitrogens with one attached hydrogen (secondary N) is 1. The minimum absolute atomic E-state index is 0.129. The second kappa shape index (κ2) is 2.48. The maximum Gasteiger partial charge on any atom is 0.265 e. The van der Waals surface area contributed by atoms with E-state index in [0.717, 1.165) is 0 Å². The first-order chi connectivity index (χ1) is 5.77. The third kappa shape index (κ3) is 1.01. The fourth-order valence-corrected chi connectivity index (χ4v) is 1.04. The smallest absolute Gasteiger partial charge is 0.265 e. The van der Waals surface area contributed by atoms with Crippen molar-refractivity contribution in [3.05, 3.63) is 18.3 Å². The van der Waals surface area contributed by atoms with Crippen LogP contribution in [0.1, 0.15) is 6.92 Å². The Morgan fingerprint density at radius 1 is 1.67 bits per heavy atom. The summed E-state index contributed by atoms with van der Waals surface area (Å²) in [7, 11) is 0. The van der Waals surface area contributed by atoms with Crippen LogP contribution in [0.2, 0.25) is 0 Å². The van der Waals surface area contributed by atoms with Gasteiger partial charge in [-0.25, -0.2) is 4.98 Å². The summed E-state index contributed by atoms with van der Waals surface area (Å²) in [4.78, 5) is 15.1. The van der Waals surface area contributed by atoms with E-state index in [1.165, 1.54) is 0 Å². The third-order valence-electron chi connectivity index (χ3n) is 1.69. The summed E-state index contributed by atoms with van der Waals surface area (Å²) >= 11 is 0. The minimum Gasteiger partial charge on any atom is -0.463 e. The van der Waals surface area contributed by atoms with Gasteiger partial charge in [0, 0.05) is 6.20 Å². The summed E-state index contributed by atoms with van der Waals surface area (Å²) in [6.07, 6.45) is 1.18. The Balaban J connectivity index is 2.40. The van der Waals surface area contributed by atoms with Crippen LogP contribution in [0.5, 0.6) is 5.88 Å². The van der Waals surface area contributed by atoms with Gasteiger partial charge in [-0.15, -0.1) is 0 Å². The van der Waals surface area contributed by atoms with Gasteiger partial charge in [-0.3, -0.25) is 4.79 Å². The van der Waals surface area contributed by atoms with Gasteiger partial charge in [-0.1, -0.05) is 0 Å². The number of carbonyl (C=O) groups excluding carboxylic acids is 1. The lowest BCUT2D eigenvalue weighted by Gasteiger charge is -2.21. The van der Waals surface area contributed by atoms with Gasteiger partial charge in [0.2, 0.25) is 5.88 Å². The van der Waals surface area contributed by atoms with E-state index in [1.54, 1.807) is 25.3 Å². The van der Waals surface area contributed by atoms with Crippen molar-refractivity contribution in [2.24, 2.45) is 0 Å². The van der Waals surface area contributed by atoms with E-state index in [9.17, 15) is 4.79 Å². The van der Waals surface area contributed by atoms with Gasteiger partial charge in [-0.2, -0.15) is 0 Å². The highest BCUT2D eigenvalue weighted by atomic mass is 16.5. The zero-order chi connectivity index (χ0) is 8.55. The standard InChI is InChI=1S/C8H8N2O2/c1-5-7(11)10-6-3-2-4-9-8(6)12-5/h2-5H,1H3,(H,10,11)/t5-/m1/s1. The summed E-state index contributed by atoms with van der Waals surface area (Å²) in [5.41, 5.74) is 0.639. The van der Waals surface area contributed by atoms with Gasteiger partial charge < -0.3 is 10.1 Å². The van der Waals surface area contributed by atoms with E-state index < -0.39 is 6.10 Å². The number of ether oxygens (including phenoxy) is 1. The number of fused-ring (bicyclic) bond motifs is 1. The topological polar surface area (TPSA) is 51.2 Å². The molecular weight excluding hydrogens is 156 g/mol. The number of hydrogen-bond acceptors (Lipinski definition) is 3. The molecule has 0 aliphatic carbocycles. The molecule has 1 aliphatic rings. The molecule has 0 unspecified atom stereocenters. The first-order valence-corrected chi connectivity index (χ1v) is 3.70. The molecule has 4 heteroatoms. The molecule has 1 N–H and O–H groups in total. The Hall–Kier alpha value is -1.58. The molecule has 0 aromatic carbocycles. The van der Waals surface area contributed by atoms with E-state index in [0.29, 0.717) is 11.6 Å². The summed E-state index contributed by atoms with van der Waals surface area (Å²) in [6.45, 7) is 1.69. The first-order valence-electron chi connectivity index (χ1n) is 3.70. The largest absolute Gasteiger partial charge is 0.463 e. The van der Waals surface area contributed by atoms with Crippen LogP contribution >= 0.6 is 0 Å². The summed E-state index contributed by atoms with van der Waals surface area (Å²) < 4.78 is 5.22. The molecule has 0 fully saturated rings. The van der Waals surface area contributed by atoms with Crippen molar-refractivity contribution < 1.29 is 9.53 Å². The van der Waals surface area contributed by atoms with Crippen molar-refractivity contribution in [1.29, 1.82) is 0 Å². The molecule has 0 saturated heterocycles. The lowest BCUT2D eigenvalue weighted by Crippen LogP contribution is -2.34. The maximum atomic E-state index is 11.1. The molecule has 0 saturated carbocycles. The van der Waals surface area contributed by atoms with Gasteiger partial charge in [0.1, 0.15) is 5.69 Å². The van der Waals surface area contributed by atoms with E-state index >= 15 is 0 Å². The molecule has 0 radical (unpaired) electrons. The zero-order valence-electron chi connectivity index (χ0n) is 6.57. The lowest BCUT2D eigenvalue weighted by atomic mass is 10.3. The highest BCUT2D eigenvalue weighted by molar-refractivity contribution is 5.96. The van der Waals surface area contributed by atoms with Gasteiger partial charge >= 0.3 is 0 Å². The third-order valence-corrected chi connectivity index (χ3v) is 1.69. The van der Waals surface area contributed by atoms with Gasteiger partial charge in [0.05, 0.1) is 0 Å². The van der Waals surface area contributed by atoms with Crippen LogP contribution in [-0.2, 0) is 4.79 Å². The molecule has 2 heterocycles. The molecule has 2 rings (SSSR count). The summed E-state index contributed by atoms with van der Waals surface area (Å²) in [5.74, 6) is 0.361. The molecule has 1 atom stereocenters. The molecule has 62 valence electrons. The van der Waals surface area contributed by atoms with Crippen molar-refractivity contribution >= 4 is 11.6 Å². The summed E-state index contributed by atoms with van der Waals surface area (Å²) in [6, 6.07) is 3.50. The second-order valence-corrected chi connectivity index (χ2v) is 2.61. The number of aromatic nitrogens is 1. The van der Waals surface area contributed by atoms with Crippen LogP contribution < -0.4 is 10.1 Å². The lowest BCUT2D eigenvalue weighted by molar-refractivity contribution is -0.122. The van der Waals surface area contributed by atoms with Crippen LogP contribution in [0.25, 0.3) is 0 Å². The van der Waals surface area contributed by atoms with E-state index in [-0.39, 0.29) is 5.91 Å². The number of anilines is 1. The van der Waals surface area contributed by atoms with Crippen LogP contribution in [0.3, 0.4) is 0 Å². The van der Waals surface area contributed by atoms with Crippen LogP contribution in [-0.4, -0.2) is 17.0 Å². The van der Waals surface area contributed by atoms with Crippen molar-refractivity contribution in [2.45, 2.75) is 13.0 Å². The van der Waals surface area contributed by atoms with Gasteiger partial charge in [-0.05, 0) is 19.1 Å². The Kier molecular flexibility index (Phi) is 1.46. The highest BCUT2D eigenvalue weighted by Crippen LogP contribution is 2.25. The average molecular weight is 164 g/mol. The van der Waals surface area contributed by atoms with Crippen molar-refractivity contribution in [3.8, 4) is 5.88 Å². The predicted octanol–water partition coefficient (Wildman–Crippen LogP) is 0.801. The Morgan fingerprint density at radius 3 is 3.33 bits per heavy atom. The number of hydrogen-bond donors (Lipinski definition) is 1. The second-order valence-electron chi connectivity index (χ2n) is 2.61. The van der Waals surface area contributed by atoms with Crippen LogP contribution in [0, 0.1) is 0 Å². The maximum absolute atomic E-state index is 11.1. The van der Waals surface area contributed by atoms with Gasteiger partial charge in [0.15, 0.2) is 6.10 Å². The molecule has 12 heavy (non-hydrogen) atoms. The van der Waals surface area contributed by atoms with Crippen LogP contribution in [0.4, 0.5) is 5.69 Å². The normalized spacial score (nSPS) is 20.8. The van der Waals surface area contributed by atoms with Crippen molar-refractivity contribution in [2.75, 3.05) is 5.32 Å². The Morgan fingerprint density at radius 2 is 2.50 bits per heavy atom. The predicted molar refractivity (Wildman–Crippen MR) is 43.0 cm³/mol. The zero-order valence-corrected chi connectivity index (χ0v) is 6.57. The van der Waals surface area contributed by atoms with Crippen molar-refractivity contribution in [3.63, 3.8) is 0 Å². The summed E-state index contributed by atoms with van der Waals surface area (Å²) in [5, 5.41) is 2.68. The van der Waals surface area contributed by atoms with E-state index in [4.69, 9.17) is 4.74 Å². The number of rotatable bonds is 0. The number of carbonyl (C=O) groups is 1. The minimum atomic E-state index is -0.451.